The number of nitrogens with two attached hydrogens (primary N) is 1. The molecule has 102 valence electrons. The van der Waals surface area contributed by atoms with Crippen LogP contribution in [0.25, 0.3) is 0 Å². The summed E-state index contributed by atoms with van der Waals surface area (Å²) in [5.74, 6) is -0.290. The average Bonchev–Trinajstić information content (AvgIpc) is 2.33. The predicted octanol–water partition coefficient (Wildman–Crippen LogP) is 3.27. The molecule has 0 saturated heterocycles. The number of hydrogen-bond donors (Lipinski definition) is 3. The number of aliphatic hydroxyl groups excluding tert-OH is 1. The van der Waals surface area contributed by atoms with Gasteiger partial charge < -0.3 is 16.2 Å². The van der Waals surface area contributed by atoms with Gasteiger partial charge in [0.2, 0.25) is 0 Å². The van der Waals surface area contributed by atoms with Gasteiger partial charge in [-0.3, -0.25) is 0 Å². The number of aliphatic hydroxyl groups is 1. The van der Waals surface area contributed by atoms with Gasteiger partial charge in [-0.15, -0.1) is 0 Å². The van der Waals surface area contributed by atoms with Crippen molar-refractivity contribution in [2.24, 2.45) is 5.92 Å². The molecule has 0 fully saturated rings. The third-order valence-electron chi connectivity index (χ3n) is 3.19. The van der Waals surface area contributed by atoms with E-state index in [-0.39, 0.29) is 10.9 Å². The first-order valence-electron chi connectivity index (χ1n) is 6.16. The Labute approximate surface area is 112 Å². The molecule has 0 amide bonds. The molecule has 1 aromatic carbocycles. The van der Waals surface area contributed by atoms with Gasteiger partial charge in [-0.25, -0.2) is 4.39 Å². The third-order valence-corrected chi connectivity index (χ3v) is 3.48. The van der Waals surface area contributed by atoms with Crippen LogP contribution in [0.5, 0.6) is 0 Å². The Hall–Kier alpha value is -1.00. The van der Waals surface area contributed by atoms with Gasteiger partial charge >= 0.3 is 0 Å². The highest BCUT2D eigenvalue weighted by atomic mass is 35.5. The summed E-state index contributed by atoms with van der Waals surface area (Å²) in [4.78, 5) is 0. The number of anilines is 2. The summed E-state index contributed by atoms with van der Waals surface area (Å²) in [5.41, 5.74) is 6.56. The summed E-state index contributed by atoms with van der Waals surface area (Å²) in [6.45, 7) is 4.42. The molecule has 0 aliphatic rings. The second-order valence-corrected chi connectivity index (χ2v) is 4.79. The highest BCUT2D eigenvalue weighted by molar-refractivity contribution is 6.31. The normalized spacial score (nSPS) is 12.8. The lowest BCUT2D eigenvalue weighted by Gasteiger charge is -2.21. The Morgan fingerprint density at radius 1 is 1.39 bits per heavy atom. The van der Waals surface area contributed by atoms with E-state index in [4.69, 9.17) is 17.3 Å². The fraction of sp³-hybridized carbons (Fsp3) is 0.538. The van der Waals surface area contributed by atoms with E-state index in [1.165, 1.54) is 12.1 Å². The summed E-state index contributed by atoms with van der Waals surface area (Å²) >= 11 is 5.61. The molecule has 5 heteroatoms. The molecule has 0 aliphatic heterocycles. The molecule has 3 nitrogen and oxygen atoms in total. The molecule has 0 saturated carbocycles. The van der Waals surface area contributed by atoms with Crippen LogP contribution in [0.3, 0.4) is 0 Å². The summed E-state index contributed by atoms with van der Waals surface area (Å²) in [6.07, 6.45) is 1.34. The largest absolute Gasteiger partial charge is 0.397 e. The average molecular weight is 275 g/mol. The minimum absolute atomic E-state index is 0.00130. The number of halogens is 2. The maximum atomic E-state index is 13.3. The van der Waals surface area contributed by atoms with Gasteiger partial charge in [0.25, 0.3) is 0 Å². The number of rotatable bonds is 6. The number of nitrogens with one attached hydrogen (secondary N) is 1. The highest BCUT2D eigenvalue weighted by Crippen LogP contribution is 2.26. The molecule has 4 N–H and O–H groups in total. The first kappa shape index (κ1) is 15.1. The summed E-state index contributed by atoms with van der Waals surface area (Å²) in [6, 6.07) is 2.61. The van der Waals surface area contributed by atoms with Crippen LogP contribution >= 0.6 is 11.6 Å². The molecule has 1 rings (SSSR count). The van der Waals surface area contributed by atoms with E-state index in [2.05, 4.69) is 5.32 Å². The first-order valence-corrected chi connectivity index (χ1v) is 6.53. The summed E-state index contributed by atoms with van der Waals surface area (Å²) < 4.78 is 13.3. The van der Waals surface area contributed by atoms with Crippen LogP contribution in [0.4, 0.5) is 15.8 Å². The zero-order chi connectivity index (χ0) is 13.7. The Kier molecular flexibility index (Phi) is 5.69. The maximum absolute atomic E-state index is 13.3. The van der Waals surface area contributed by atoms with Crippen molar-refractivity contribution in [3.63, 3.8) is 0 Å². The Bertz CT molecular complexity index is 397. The van der Waals surface area contributed by atoms with E-state index >= 15 is 0 Å². The van der Waals surface area contributed by atoms with Crippen molar-refractivity contribution in [1.82, 2.24) is 0 Å². The van der Waals surface area contributed by atoms with Crippen molar-refractivity contribution in [2.75, 3.05) is 17.6 Å². The van der Waals surface area contributed by atoms with Crippen molar-refractivity contribution in [2.45, 2.75) is 32.8 Å². The molecule has 0 aromatic heterocycles. The monoisotopic (exact) mass is 274 g/mol. The number of nitrogen functional groups attached to an aromatic ring is 1. The topological polar surface area (TPSA) is 58.3 Å². The lowest BCUT2D eigenvalue weighted by Crippen LogP contribution is -2.27. The van der Waals surface area contributed by atoms with E-state index in [0.29, 0.717) is 17.9 Å². The Balaban J connectivity index is 2.66. The van der Waals surface area contributed by atoms with Crippen LogP contribution < -0.4 is 11.1 Å². The fourth-order valence-corrected chi connectivity index (χ4v) is 2.10. The maximum Gasteiger partial charge on any atom is 0.143 e. The molecule has 0 radical (unpaired) electrons. The molecule has 1 unspecified atom stereocenters. The zero-order valence-electron chi connectivity index (χ0n) is 10.7. The molecule has 0 bridgehead atoms. The molecule has 0 aliphatic carbocycles. The van der Waals surface area contributed by atoms with Crippen molar-refractivity contribution < 1.29 is 9.50 Å². The van der Waals surface area contributed by atoms with E-state index in [1.54, 1.807) is 0 Å². The Morgan fingerprint density at radius 3 is 2.56 bits per heavy atom. The molecule has 0 heterocycles. The zero-order valence-corrected chi connectivity index (χ0v) is 11.5. The second-order valence-electron chi connectivity index (χ2n) is 4.38. The van der Waals surface area contributed by atoms with E-state index in [0.717, 1.165) is 12.8 Å². The van der Waals surface area contributed by atoms with E-state index < -0.39 is 11.9 Å². The third kappa shape index (κ3) is 3.75. The van der Waals surface area contributed by atoms with Gasteiger partial charge in [0, 0.05) is 12.6 Å². The highest BCUT2D eigenvalue weighted by Gasteiger charge is 2.15. The van der Waals surface area contributed by atoms with Crippen molar-refractivity contribution in [3.8, 4) is 0 Å². The Morgan fingerprint density at radius 2 is 2.00 bits per heavy atom. The fourth-order valence-electron chi connectivity index (χ4n) is 1.93. The van der Waals surface area contributed by atoms with Crippen molar-refractivity contribution in [1.29, 1.82) is 0 Å². The van der Waals surface area contributed by atoms with Gasteiger partial charge in [0.05, 0.1) is 22.5 Å². The molecular weight excluding hydrogens is 255 g/mol. The molecule has 1 aromatic rings. The van der Waals surface area contributed by atoms with Gasteiger partial charge in [-0.05, 0) is 12.0 Å². The number of hydrogen-bond acceptors (Lipinski definition) is 3. The van der Waals surface area contributed by atoms with Crippen LogP contribution in [0, 0.1) is 11.7 Å². The molecular formula is C13H20ClFN2O. The van der Waals surface area contributed by atoms with Crippen LogP contribution in [-0.4, -0.2) is 17.8 Å². The van der Waals surface area contributed by atoms with Crippen molar-refractivity contribution >= 4 is 23.0 Å². The van der Waals surface area contributed by atoms with Crippen LogP contribution in [0.1, 0.15) is 26.7 Å². The van der Waals surface area contributed by atoms with Crippen LogP contribution in [-0.2, 0) is 0 Å². The number of benzene rings is 1. The molecule has 18 heavy (non-hydrogen) atoms. The summed E-state index contributed by atoms with van der Waals surface area (Å²) in [7, 11) is 0. The van der Waals surface area contributed by atoms with Crippen LogP contribution in [0.15, 0.2) is 12.1 Å². The SMILES string of the molecule is CCC(CC)C(O)CNc1cc(F)c(Cl)cc1N. The molecule has 0 spiro atoms. The minimum atomic E-state index is -0.523. The van der Waals surface area contributed by atoms with Gasteiger partial charge in [0.1, 0.15) is 5.82 Å². The van der Waals surface area contributed by atoms with Crippen molar-refractivity contribution in [3.05, 3.63) is 23.0 Å². The van der Waals surface area contributed by atoms with Gasteiger partial charge in [0.15, 0.2) is 0 Å². The first-order chi connectivity index (χ1) is 8.49. The van der Waals surface area contributed by atoms with Crippen LogP contribution in [0.2, 0.25) is 5.02 Å². The smallest absolute Gasteiger partial charge is 0.143 e. The quantitative estimate of drug-likeness (QED) is 0.698. The lowest BCUT2D eigenvalue weighted by molar-refractivity contribution is 0.114. The van der Waals surface area contributed by atoms with Gasteiger partial charge in [-0.2, -0.15) is 0 Å². The molecule has 1 atom stereocenters. The van der Waals surface area contributed by atoms with E-state index in [1.807, 2.05) is 13.8 Å². The second kappa shape index (κ2) is 6.81. The standard InChI is InChI=1S/C13H20ClFN2O/c1-3-8(4-2)13(18)7-17-12-6-10(15)9(14)5-11(12)16/h5-6,8,13,17-18H,3-4,7,16H2,1-2H3. The lowest BCUT2D eigenvalue weighted by atomic mass is 9.96. The van der Waals surface area contributed by atoms with E-state index in [9.17, 15) is 9.50 Å². The van der Waals surface area contributed by atoms with Gasteiger partial charge in [-0.1, -0.05) is 38.3 Å². The summed E-state index contributed by atoms with van der Waals surface area (Å²) in [5, 5.41) is 12.9. The minimum Gasteiger partial charge on any atom is -0.397 e. The predicted molar refractivity (Wildman–Crippen MR) is 74.4 cm³/mol.